The Morgan fingerprint density at radius 1 is 1.21 bits per heavy atom. The van der Waals surface area contributed by atoms with Gasteiger partial charge in [0.2, 0.25) is 0 Å². The lowest BCUT2D eigenvalue weighted by Crippen LogP contribution is -2.52. The van der Waals surface area contributed by atoms with Gasteiger partial charge in [0, 0.05) is 36.8 Å². The Balaban J connectivity index is 1.42. The smallest absolute Gasteiger partial charge is 0.370 e. The van der Waals surface area contributed by atoms with Crippen molar-refractivity contribution in [3.8, 4) is 0 Å². The van der Waals surface area contributed by atoms with Crippen LogP contribution in [0.2, 0.25) is 0 Å². The molecule has 0 saturated carbocycles. The highest BCUT2D eigenvalue weighted by Crippen LogP contribution is 2.38. The van der Waals surface area contributed by atoms with Crippen molar-refractivity contribution >= 4 is 5.91 Å². The van der Waals surface area contributed by atoms with Gasteiger partial charge < -0.3 is 15.4 Å². The third kappa shape index (κ3) is 3.85. The summed E-state index contributed by atoms with van der Waals surface area (Å²) in [6.45, 7) is 1.01. The predicted octanol–water partition coefficient (Wildman–Crippen LogP) is 2.22. The molecule has 3 saturated heterocycles. The molecule has 29 heavy (non-hydrogen) atoms. The number of carbonyl (C=O) groups is 1. The molecule has 5 nitrogen and oxygen atoms in total. The van der Waals surface area contributed by atoms with Crippen LogP contribution in [0, 0.1) is 17.6 Å². The SMILES string of the molecule is N[C@H]1C[C@@H](N2CCC3CN(C(=O)C(F)(F)F)CC32)CO[C@@H]1c1cc(F)ccc1F. The number of ether oxygens (including phenoxy) is 1. The van der Waals surface area contributed by atoms with Crippen LogP contribution >= 0.6 is 0 Å². The quantitative estimate of drug-likeness (QED) is 0.747. The van der Waals surface area contributed by atoms with E-state index in [0.29, 0.717) is 19.4 Å². The Bertz CT molecular complexity index is 790. The highest BCUT2D eigenvalue weighted by Gasteiger charge is 2.51. The van der Waals surface area contributed by atoms with Gasteiger partial charge in [-0.05, 0) is 43.5 Å². The fourth-order valence-corrected chi connectivity index (χ4v) is 4.92. The minimum absolute atomic E-state index is 0.0177. The Labute approximate surface area is 164 Å². The summed E-state index contributed by atoms with van der Waals surface area (Å²) in [5, 5.41) is 0. The molecule has 10 heteroatoms. The summed E-state index contributed by atoms with van der Waals surface area (Å²) in [6, 6.07) is 2.22. The van der Waals surface area contributed by atoms with Gasteiger partial charge in [-0.15, -0.1) is 0 Å². The van der Waals surface area contributed by atoms with Crippen LogP contribution in [0.15, 0.2) is 18.2 Å². The van der Waals surface area contributed by atoms with E-state index >= 15 is 0 Å². The fraction of sp³-hybridized carbons (Fsp3) is 0.632. The molecular weight excluding hydrogens is 397 g/mol. The van der Waals surface area contributed by atoms with Gasteiger partial charge in [0.25, 0.3) is 0 Å². The second kappa shape index (κ2) is 7.48. The van der Waals surface area contributed by atoms with E-state index in [1.807, 2.05) is 0 Å². The summed E-state index contributed by atoms with van der Waals surface area (Å²) < 4.78 is 71.6. The zero-order valence-corrected chi connectivity index (χ0v) is 15.5. The van der Waals surface area contributed by atoms with Gasteiger partial charge in [0.05, 0.1) is 6.61 Å². The maximum Gasteiger partial charge on any atom is 0.471 e. The molecule has 2 N–H and O–H groups in total. The molecule has 3 aliphatic heterocycles. The van der Waals surface area contributed by atoms with E-state index < -0.39 is 35.9 Å². The first-order valence-electron chi connectivity index (χ1n) is 9.59. The molecule has 160 valence electrons. The monoisotopic (exact) mass is 419 g/mol. The molecule has 1 aromatic carbocycles. The van der Waals surface area contributed by atoms with Crippen molar-refractivity contribution in [1.29, 1.82) is 0 Å². The number of carbonyl (C=O) groups excluding carboxylic acids is 1. The molecule has 3 aliphatic rings. The molecular formula is C19H22F5N3O2. The first-order chi connectivity index (χ1) is 13.6. The molecule has 3 heterocycles. The molecule has 0 radical (unpaired) electrons. The second-order valence-corrected chi connectivity index (χ2v) is 8.03. The molecule has 1 amide bonds. The van der Waals surface area contributed by atoms with Crippen LogP contribution in [0.3, 0.4) is 0 Å². The normalized spacial score (nSPS) is 33.2. The number of hydrogen-bond acceptors (Lipinski definition) is 4. The van der Waals surface area contributed by atoms with Gasteiger partial charge in [0.1, 0.15) is 17.7 Å². The second-order valence-electron chi connectivity index (χ2n) is 8.03. The van der Waals surface area contributed by atoms with Crippen molar-refractivity contribution in [1.82, 2.24) is 9.80 Å². The Hall–Kier alpha value is -1.78. The highest BCUT2D eigenvalue weighted by atomic mass is 19.4. The van der Waals surface area contributed by atoms with E-state index in [1.54, 1.807) is 0 Å². The van der Waals surface area contributed by atoms with Crippen molar-refractivity contribution in [2.24, 2.45) is 11.7 Å². The Morgan fingerprint density at radius 2 is 1.97 bits per heavy atom. The van der Waals surface area contributed by atoms with Crippen LogP contribution in [0.4, 0.5) is 22.0 Å². The van der Waals surface area contributed by atoms with Gasteiger partial charge in [-0.1, -0.05) is 0 Å². The lowest BCUT2D eigenvalue weighted by atomic mass is 9.92. The van der Waals surface area contributed by atoms with E-state index in [-0.39, 0.29) is 43.3 Å². The number of nitrogens with two attached hydrogens (primary N) is 1. The third-order valence-electron chi connectivity index (χ3n) is 6.26. The number of amides is 1. The minimum atomic E-state index is -4.87. The first-order valence-corrected chi connectivity index (χ1v) is 9.59. The summed E-state index contributed by atoms with van der Waals surface area (Å²) in [6.07, 6.45) is -4.52. The number of fused-ring (bicyclic) bond motifs is 1. The van der Waals surface area contributed by atoms with E-state index in [0.717, 1.165) is 23.1 Å². The van der Waals surface area contributed by atoms with Crippen molar-refractivity contribution in [3.63, 3.8) is 0 Å². The number of nitrogens with zero attached hydrogens (tertiary/aromatic N) is 2. The van der Waals surface area contributed by atoms with Crippen LogP contribution in [0.1, 0.15) is 24.5 Å². The Morgan fingerprint density at radius 3 is 2.66 bits per heavy atom. The average molecular weight is 419 g/mol. The maximum absolute atomic E-state index is 14.1. The number of likely N-dealkylation sites (tertiary alicyclic amines) is 2. The fourth-order valence-electron chi connectivity index (χ4n) is 4.92. The molecule has 0 aromatic heterocycles. The maximum atomic E-state index is 14.1. The molecule has 0 aliphatic carbocycles. The van der Waals surface area contributed by atoms with Crippen LogP contribution < -0.4 is 5.73 Å². The van der Waals surface area contributed by atoms with E-state index in [2.05, 4.69) is 4.90 Å². The molecule has 4 rings (SSSR count). The zero-order valence-electron chi connectivity index (χ0n) is 15.5. The molecule has 0 bridgehead atoms. The van der Waals surface area contributed by atoms with Crippen LogP contribution in [0.5, 0.6) is 0 Å². The van der Waals surface area contributed by atoms with Gasteiger partial charge in [0.15, 0.2) is 0 Å². The van der Waals surface area contributed by atoms with Gasteiger partial charge in [-0.3, -0.25) is 9.69 Å². The standard InChI is InChI=1S/C19H22F5N3O2/c20-11-1-2-14(21)13(5-11)17-15(25)6-12(9-29-17)27-4-3-10-7-26(8-16(10)27)18(28)19(22,23)24/h1-2,5,10,12,15-17H,3-4,6-9,25H2/t10?,12-,15+,16?,17-/m1/s1. The van der Waals surface area contributed by atoms with Crippen molar-refractivity contribution in [2.45, 2.75) is 43.2 Å². The third-order valence-corrected chi connectivity index (χ3v) is 6.26. The van der Waals surface area contributed by atoms with Crippen LogP contribution in [-0.2, 0) is 9.53 Å². The molecule has 1 aromatic rings. The zero-order chi connectivity index (χ0) is 20.9. The lowest BCUT2D eigenvalue weighted by Gasteiger charge is -2.41. The molecule has 3 fully saturated rings. The van der Waals surface area contributed by atoms with Crippen molar-refractivity contribution in [2.75, 3.05) is 26.2 Å². The van der Waals surface area contributed by atoms with Gasteiger partial charge >= 0.3 is 12.1 Å². The van der Waals surface area contributed by atoms with E-state index in [1.165, 1.54) is 0 Å². The summed E-state index contributed by atoms with van der Waals surface area (Å²) in [4.78, 5) is 14.5. The van der Waals surface area contributed by atoms with Gasteiger partial charge in [-0.2, -0.15) is 13.2 Å². The summed E-state index contributed by atoms with van der Waals surface area (Å²) in [5.41, 5.74) is 6.27. The molecule has 2 unspecified atom stereocenters. The molecule has 5 atom stereocenters. The highest BCUT2D eigenvalue weighted by molar-refractivity contribution is 5.82. The topological polar surface area (TPSA) is 58.8 Å². The number of benzene rings is 1. The summed E-state index contributed by atoms with van der Waals surface area (Å²) in [7, 11) is 0. The van der Waals surface area contributed by atoms with Crippen molar-refractivity contribution in [3.05, 3.63) is 35.4 Å². The van der Waals surface area contributed by atoms with Crippen molar-refractivity contribution < 1.29 is 31.5 Å². The predicted molar refractivity (Wildman–Crippen MR) is 92.7 cm³/mol. The number of halogens is 5. The van der Waals surface area contributed by atoms with E-state index in [9.17, 15) is 26.7 Å². The lowest BCUT2D eigenvalue weighted by molar-refractivity contribution is -0.184. The average Bonchev–Trinajstić information content (AvgIpc) is 3.23. The summed E-state index contributed by atoms with van der Waals surface area (Å²) >= 11 is 0. The summed E-state index contributed by atoms with van der Waals surface area (Å²) in [5.74, 6) is -2.99. The number of rotatable bonds is 2. The minimum Gasteiger partial charge on any atom is -0.370 e. The van der Waals surface area contributed by atoms with E-state index in [4.69, 9.17) is 10.5 Å². The first kappa shape index (κ1) is 20.5. The number of hydrogen-bond donors (Lipinski definition) is 1. The number of alkyl halides is 3. The van der Waals surface area contributed by atoms with Gasteiger partial charge in [-0.25, -0.2) is 8.78 Å². The molecule has 0 spiro atoms. The largest absolute Gasteiger partial charge is 0.471 e. The van der Waals surface area contributed by atoms with Crippen LogP contribution in [0.25, 0.3) is 0 Å². The van der Waals surface area contributed by atoms with Crippen LogP contribution in [-0.4, -0.2) is 66.2 Å². The Kier molecular flexibility index (Phi) is 5.28.